The molecule has 1 amide bonds. The summed E-state index contributed by atoms with van der Waals surface area (Å²) in [7, 11) is 0. The highest BCUT2D eigenvalue weighted by atomic mass is 35.5. The molecule has 4 rings (SSSR count). The molecule has 1 aromatic heterocycles. The molecule has 0 fully saturated rings. The van der Waals surface area contributed by atoms with Gasteiger partial charge in [0.05, 0.1) is 28.0 Å². The van der Waals surface area contributed by atoms with Crippen molar-refractivity contribution in [2.75, 3.05) is 5.32 Å². The molecule has 0 aliphatic rings. The monoisotopic (exact) mass is 410 g/mol. The molecule has 4 aromatic rings. The Morgan fingerprint density at radius 1 is 0.931 bits per heavy atom. The van der Waals surface area contributed by atoms with Crippen molar-refractivity contribution in [1.82, 2.24) is 4.98 Å². The number of hydrogen-bond donors (Lipinski definition) is 1. The lowest BCUT2D eigenvalue weighted by Gasteiger charge is -2.09. The fraction of sp³-hybridized carbons (Fsp3) is 0. The van der Waals surface area contributed by atoms with Crippen LogP contribution in [0.1, 0.15) is 10.4 Å². The lowest BCUT2D eigenvalue weighted by Crippen LogP contribution is -2.14. The van der Waals surface area contributed by atoms with E-state index in [0.29, 0.717) is 5.56 Å². The van der Waals surface area contributed by atoms with Crippen molar-refractivity contribution in [3.8, 4) is 22.8 Å². The first-order valence-electron chi connectivity index (χ1n) is 8.60. The summed E-state index contributed by atoms with van der Waals surface area (Å²) in [5, 5.41) is 2.40. The number of rotatable bonds is 4. The minimum atomic E-state index is -0.724. The van der Waals surface area contributed by atoms with E-state index in [1.165, 1.54) is 30.5 Å². The highest BCUT2D eigenvalue weighted by molar-refractivity contribution is 6.31. The van der Waals surface area contributed by atoms with E-state index in [-0.39, 0.29) is 33.5 Å². The molecule has 0 saturated carbocycles. The van der Waals surface area contributed by atoms with Crippen LogP contribution in [0, 0.1) is 11.6 Å². The van der Waals surface area contributed by atoms with Gasteiger partial charge in [-0.05, 0) is 36.4 Å². The minimum Gasteiger partial charge on any atom is -0.436 e. The molecule has 0 unspecified atom stereocenters. The molecular weight excluding hydrogens is 398 g/mol. The fourth-order valence-corrected chi connectivity index (χ4v) is 3.02. The van der Waals surface area contributed by atoms with Crippen molar-refractivity contribution < 1.29 is 18.0 Å². The standard InChI is InChI=1S/C22H13ClF2N2O2/c23-16-9-5-11-18(20(16)25)27-21(28)13-6-1-2-7-14(13)22-26-12-19(29-22)15-8-3-4-10-17(15)24/h1-12H,(H,27,28). The summed E-state index contributed by atoms with van der Waals surface area (Å²) in [6.07, 6.45) is 1.39. The van der Waals surface area contributed by atoms with Crippen LogP contribution in [0.25, 0.3) is 22.8 Å². The molecule has 4 nitrogen and oxygen atoms in total. The largest absolute Gasteiger partial charge is 0.436 e. The van der Waals surface area contributed by atoms with Gasteiger partial charge in [-0.3, -0.25) is 4.79 Å². The molecule has 3 aromatic carbocycles. The molecule has 0 spiro atoms. The van der Waals surface area contributed by atoms with E-state index < -0.39 is 17.5 Å². The molecule has 1 N–H and O–H groups in total. The third kappa shape index (κ3) is 3.75. The average Bonchev–Trinajstić information content (AvgIpc) is 3.21. The Kier molecular flexibility index (Phi) is 5.10. The Morgan fingerprint density at radius 2 is 1.66 bits per heavy atom. The lowest BCUT2D eigenvalue weighted by molar-refractivity contribution is 0.102. The van der Waals surface area contributed by atoms with Gasteiger partial charge in [-0.25, -0.2) is 13.8 Å². The number of carbonyl (C=O) groups excluding carboxylic acids is 1. The average molecular weight is 411 g/mol. The van der Waals surface area contributed by atoms with Gasteiger partial charge >= 0.3 is 0 Å². The topological polar surface area (TPSA) is 55.1 Å². The van der Waals surface area contributed by atoms with Crippen molar-refractivity contribution in [3.63, 3.8) is 0 Å². The van der Waals surface area contributed by atoms with Gasteiger partial charge in [0.25, 0.3) is 5.91 Å². The molecule has 29 heavy (non-hydrogen) atoms. The second-order valence-electron chi connectivity index (χ2n) is 6.11. The molecule has 0 bridgehead atoms. The number of aromatic nitrogens is 1. The number of nitrogens with one attached hydrogen (secondary N) is 1. The summed E-state index contributed by atoms with van der Waals surface area (Å²) in [5.74, 6) is -1.36. The van der Waals surface area contributed by atoms with Crippen LogP contribution in [0.15, 0.2) is 77.3 Å². The smallest absolute Gasteiger partial charge is 0.256 e. The minimum absolute atomic E-state index is 0.0447. The Morgan fingerprint density at radius 3 is 2.45 bits per heavy atom. The van der Waals surface area contributed by atoms with E-state index in [4.69, 9.17) is 16.0 Å². The highest BCUT2D eigenvalue weighted by Gasteiger charge is 2.19. The number of hydrogen-bond acceptors (Lipinski definition) is 3. The predicted octanol–water partition coefficient (Wildman–Crippen LogP) is 6.19. The Labute approximate surface area is 169 Å². The fourth-order valence-electron chi connectivity index (χ4n) is 2.84. The molecule has 0 radical (unpaired) electrons. The van der Waals surface area contributed by atoms with Crippen molar-refractivity contribution >= 4 is 23.2 Å². The number of oxazole rings is 1. The van der Waals surface area contributed by atoms with Gasteiger partial charge in [0.15, 0.2) is 11.6 Å². The second kappa shape index (κ2) is 7.85. The van der Waals surface area contributed by atoms with Crippen molar-refractivity contribution in [2.24, 2.45) is 0 Å². The molecular formula is C22H13ClF2N2O2. The number of halogens is 3. The normalized spacial score (nSPS) is 10.7. The van der Waals surface area contributed by atoms with Crippen LogP contribution in [-0.4, -0.2) is 10.9 Å². The number of nitrogens with zero attached hydrogens (tertiary/aromatic N) is 1. The summed E-state index contributed by atoms with van der Waals surface area (Å²) >= 11 is 5.76. The van der Waals surface area contributed by atoms with Gasteiger partial charge in [-0.2, -0.15) is 0 Å². The van der Waals surface area contributed by atoms with E-state index in [1.807, 2.05) is 0 Å². The molecule has 0 atom stereocenters. The van der Waals surface area contributed by atoms with Crippen LogP contribution in [0.2, 0.25) is 5.02 Å². The highest BCUT2D eigenvalue weighted by Crippen LogP contribution is 2.30. The van der Waals surface area contributed by atoms with E-state index in [0.717, 1.165) is 0 Å². The van der Waals surface area contributed by atoms with Crippen LogP contribution < -0.4 is 5.32 Å². The maximum atomic E-state index is 14.1. The first kappa shape index (κ1) is 18.8. The zero-order valence-corrected chi connectivity index (χ0v) is 15.6. The van der Waals surface area contributed by atoms with Gasteiger partial charge in [-0.15, -0.1) is 0 Å². The van der Waals surface area contributed by atoms with E-state index in [1.54, 1.807) is 42.5 Å². The lowest BCUT2D eigenvalue weighted by atomic mass is 10.1. The van der Waals surface area contributed by atoms with Crippen molar-refractivity contribution in [2.45, 2.75) is 0 Å². The maximum absolute atomic E-state index is 14.1. The zero-order valence-electron chi connectivity index (χ0n) is 14.8. The molecule has 7 heteroatoms. The van der Waals surface area contributed by atoms with E-state index in [9.17, 15) is 13.6 Å². The summed E-state index contributed by atoms with van der Waals surface area (Å²) < 4.78 is 33.8. The van der Waals surface area contributed by atoms with Crippen molar-refractivity contribution in [3.05, 3.63) is 95.1 Å². The first-order valence-corrected chi connectivity index (χ1v) is 8.98. The van der Waals surface area contributed by atoms with Crippen molar-refractivity contribution in [1.29, 1.82) is 0 Å². The van der Waals surface area contributed by atoms with Crippen LogP contribution >= 0.6 is 11.6 Å². The van der Waals surface area contributed by atoms with Gasteiger partial charge in [0, 0.05) is 5.56 Å². The van der Waals surface area contributed by atoms with E-state index >= 15 is 0 Å². The summed E-state index contributed by atoms with van der Waals surface area (Å²) in [4.78, 5) is 16.9. The second-order valence-corrected chi connectivity index (χ2v) is 6.52. The SMILES string of the molecule is O=C(Nc1cccc(Cl)c1F)c1ccccc1-c1ncc(-c2ccccc2F)o1. The van der Waals surface area contributed by atoms with Gasteiger partial charge < -0.3 is 9.73 Å². The summed E-state index contributed by atoms with van der Waals surface area (Å²) in [6, 6.07) is 17.0. The van der Waals surface area contributed by atoms with Crippen LogP contribution in [0.3, 0.4) is 0 Å². The Balaban J connectivity index is 1.68. The molecule has 0 aliphatic heterocycles. The predicted molar refractivity (Wildman–Crippen MR) is 107 cm³/mol. The molecule has 1 heterocycles. The number of carbonyl (C=O) groups is 1. The Bertz CT molecular complexity index is 1210. The third-order valence-electron chi connectivity index (χ3n) is 4.25. The number of anilines is 1. The van der Waals surface area contributed by atoms with Crippen LogP contribution in [0.5, 0.6) is 0 Å². The number of amides is 1. The summed E-state index contributed by atoms with van der Waals surface area (Å²) in [5.41, 5.74) is 0.815. The first-order chi connectivity index (χ1) is 14.0. The maximum Gasteiger partial charge on any atom is 0.256 e. The van der Waals surface area contributed by atoms with Gasteiger partial charge in [-0.1, -0.05) is 41.9 Å². The summed E-state index contributed by atoms with van der Waals surface area (Å²) in [6.45, 7) is 0. The van der Waals surface area contributed by atoms with Gasteiger partial charge in [0.2, 0.25) is 5.89 Å². The Hall–Kier alpha value is -3.51. The molecule has 144 valence electrons. The van der Waals surface area contributed by atoms with Crippen LogP contribution in [-0.2, 0) is 0 Å². The van der Waals surface area contributed by atoms with E-state index in [2.05, 4.69) is 10.3 Å². The zero-order chi connectivity index (χ0) is 20.4. The van der Waals surface area contributed by atoms with Crippen LogP contribution in [0.4, 0.5) is 14.5 Å². The molecule has 0 saturated heterocycles. The third-order valence-corrected chi connectivity index (χ3v) is 4.54. The molecule has 0 aliphatic carbocycles. The number of benzene rings is 3. The quantitative estimate of drug-likeness (QED) is 0.436. The van der Waals surface area contributed by atoms with Gasteiger partial charge in [0.1, 0.15) is 5.82 Å².